The number of rotatable bonds is 4. The van der Waals surface area contributed by atoms with E-state index in [1.165, 1.54) is 0 Å². The minimum atomic E-state index is -0.237. The van der Waals surface area contributed by atoms with E-state index in [0.717, 1.165) is 19.3 Å². The van der Waals surface area contributed by atoms with Crippen molar-refractivity contribution in [3.63, 3.8) is 0 Å². The number of para-hydroxylation sites is 1. The molecule has 0 spiro atoms. The molecule has 0 unspecified atom stereocenters. The Morgan fingerprint density at radius 1 is 1.46 bits per heavy atom. The highest BCUT2D eigenvalue weighted by molar-refractivity contribution is 5.97. The van der Waals surface area contributed by atoms with Gasteiger partial charge in [-0.25, -0.2) is 0 Å². The summed E-state index contributed by atoms with van der Waals surface area (Å²) in [5, 5.41) is 17.0. The van der Waals surface area contributed by atoms with Gasteiger partial charge in [0.05, 0.1) is 11.0 Å². The second-order valence-corrected chi connectivity index (χ2v) is 7.00. The molecule has 2 aliphatic rings. The van der Waals surface area contributed by atoms with Gasteiger partial charge < -0.3 is 14.1 Å². The fourth-order valence-electron chi connectivity index (χ4n) is 4.34. The van der Waals surface area contributed by atoms with Gasteiger partial charge in [0.15, 0.2) is 6.61 Å². The van der Waals surface area contributed by atoms with Crippen molar-refractivity contribution in [1.82, 2.24) is 15.1 Å². The number of ether oxygens (including phenoxy) is 1. The van der Waals surface area contributed by atoms with E-state index in [2.05, 4.69) is 10.2 Å². The van der Waals surface area contributed by atoms with Gasteiger partial charge in [-0.15, -0.1) is 10.2 Å². The van der Waals surface area contributed by atoms with Crippen molar-refractivity contribution >= 4 is 5.91 Å². The summed E-state index contributed by atoms with van der Waals surface area (Å²) in [5.41, 5.74) is 0.249. The van der Waals surface area contributed by atoms with Gasteiger partial charge in [0.2, 0.25) is 11.8 Å². The minimum Gasteiger partial charge on any atom is -0.478 e. The van der Waals surface area contributed by atoms with Gasteiger partial charge in [0.25, 0.3) is 5.91 Å². The van der Waals surface area contributed by atoms with Crippen molar-refractivity contribution < 1.29 is 13.9 Å². The van der Waals surface area contributed by atoms with E-state index >= 15 is 0 Å². The topological polar surface area (TPSA) is 92.3 Å². The summed E-state index contributed by atoms with van der Waals surface area (Å²) in [7, 11) is 0. The van der Waals surface area contributed by atoms with Crippen LogP contribution in [0.5, 0.6) is 5.75 Å². The summed E-state index contributed by atoms with van der Waals surface area (Å²) < 4.78 is 11.2. The molecule has 1 aromatic heterocycles. The SMILES string of the molecule is Cc1nnc([C@]23CCC[C@H]2CN(C(=O)c2ccccc2OCC#N)C3)o1. The molecule has 2 aromatic rings. The van der Waals surface area contributed by atoms with Crippen molar-refractivity contribution in [3.8, 4) is 11.8 Å². The molecule has 1 amide bonds. The third kappa shape index (κ3) is 2.62. The van der Waals surface area contributed by atoms with E-state index < -0.39 is 0 Å². The number of aromatic nitrogens is 2. The number of hydrogen-bond acceptors (Lipinski definition) is 6. The van der Waals surface area contributed by atoms with Crippen LogP contribution in [-0.4, -0.2) is 40.7 Å². The molecule has 4 rings (SSSR count). The lowest BCUT2D eigenvalue weighted by Crippen LogP contribution is -2.35. The van der Waals surface area contributed by atoms with Crippen LogP contribution in [0.3, 0.4) is 0 Å². The van der Waals surface area contributed by atoms with E-state index in [0.29, 0.717) is 42.1 Å². The zero-order chi connectivity index (χ0) is 18.1. The summed E-state index contributed by atoms with van der Waals surface area (Å²) in [4.78, 5) is 15.0. The number of nitriles is 1. The Balaban J connectivity index is 1.61. The molecular formula is C19H20N4O3. The van der Waals surface area contributed by atoms with Gasteiger partial charge in [-0.1, -0.05) is 18.6 Å². The summed E-state index contributed by atoms with van der Waals surface area (Å²) in [6.07, 6.45) is 3.11. The molecule has 2 fully saturated rings. The summed E-state index contributed by atoms with van der Waals surface area (Å²) in [6.45, 7) is 2.95. The van der Waals surface area contributed by atoms with Gasteiger partial charge in [-0.05, 0) is 30.9 Å². The molecule has 1 aromatic carbocycles. The number of benzene rings is 1. The lowest BCUT2D eigenvalue weighted by atomic mass is 9.80. The number of fused-ring (bicyclic) bond motifs is 1. The van der Waals surface area contributed by atoms with E-state index in [1.54, 1.807) is 31.2 Å². The number of aryl methyl sites for hydroxylation is 1. The molecule has 7 heteroatoms. The van der Waals surface area contributed by atoms with Gasteiger partial charge in [0, 0.05) is 20.0 Å². The Kier molecular flexibility index (Phi) is 4.11. The fourth-order valence-corrected chi connectivity index (χ4v) is 4.34. The highest BCUT2D eigenvalue weighted by Gasteiger charge is 2.55. The Morgan fingerprint density at radius 3 is 3.08 bits per heavy atom. The number of nitrogens with zero attached hydrogens (tertiary/aromatic N) is 4. The predicted molar refractivity (Wildman–Crippen MR) is 91.5 cm³/mol. The van der Waals surface area contributed by atoms with Crippen LogP contribution in [0.1, 0.15) is 41.4 Å². The Hall–Kier alpha value is -2.88. The number of carbonyl (C=O) groups excluding carboxylic acids is 1. The number of amides is 1. The van der Waals surface area contributed by atoms with Crippen LogP contribution < -0.4 is 4.74 Å². The van der Waals surface area contributed by atoms with Crippen LogP contribution in [0.2, 0.25) is 0 Å². The normalized spacial score (nSPS) is 24.3. The molecule has 2 atom stereocenters. The molecule has 1 aliphatic carbocycles. The maximum Gasteiger partial charge on any atom is 0.257 e. The standard InChI is InChI=1S/C19H20N4O3/c1-13-21-22-18(26-13)19-8-4-5-14(19)11-23(12-19)17(24)15-6-2-3-7-16(15)25-10-9-20/h2-3,6-7,14H,4-5,8,10-12H2,1H3/t14-,19-/m0/s1. The average Bonchev–Trinajstić information content (AvgIpc) is 3.33. The molecule has 0 bridgehead atoms. The van der Waals surface area contributed by atoms with Crippen molar-refractivity contribution in [1.29, 1.82) is 5.26 Å². The lowest BCUT2D eigenvalue weighted by Gasteiger charge is -2.24. The zero-order valence-corrected chi connectivity index (χ0v) is 14.6. The Bertz CT molecular complexity index is 872. The molecule has 0 radical (unpaired) electrons. The van der Waals surface area contributed by atoms with Crippen LogP contribution in [-0.2, 0) is 5.41 Å². The van der Waals surface area contributed by atoms with Crippen molar-refractivity contribution in [3.05, 3.63) is 41.6 Å². The van der Waals surface area contributed by atoms with Crippen molar-refractivity contribution in [2.24, 2.45) is 5.92 Å². The molecule has 1 aliphatic heterocycles. The molecule has 134 valence electrons. The quantitative estimate of drug-likeness (QED) is 0.839. The Morgan fingerprint density at radius 2 is 2.31 bits per heavy atom. The minimum absolute atomic E-state index is 0.0800. The first-order valence-corrected chi connectivity index (χ1v) is 8.83. The van der Waals surface area contributed by atoms with E-state index in [-0.39, 0.29) is 17.9 Å². The molecule has 26 heavy (non-hydrogen) atoms. The van der Waals surface area contributed by atoms with Gasteiger partial charge in [0.1, 0.15) is 11.8 Å². The highest BCUT2D eigenvalue weighted by atomic mass is 16.5. The Labute approximate surface area is 151 Å². The largest absolute Gasteiger partial charge is 0.478 e. The lowest BCUT2D eigenvalue weighted by molar-refractivity contribution is 0.0772. The van der Waals surface area contributed by atoms with Crippen LogP contribution in [0, 0.1) is 24.2 Å². The number of hydrogen-bond donors (Lipinski definition) is 0. The number of likely N-dealkylation sites (tertiary alicyclic amines) is 1. The molecule has 0 N–H and O–H groups in total. The van der Waals surface area contributed by atoms with E-state index in [9.17, 15) is 4.79 Å². The maximum absolute atomic E-state index is 13.1. The second-order valence-electron chi connectivity index (χ2n) is 7.00. The van der Waals surface area contributed by atoms with Crippen molar-refractivity contribution in [2.45, 2.75) is 31.6 Å². The van der Waals surface area contributed by atoms with E-state index in [1.807, 2.05) is 11.0 Å². The molecule has 1 saturated carbocycles. The molecule has 7 nitrogen and oxygen atoms in total. The highest BCUT2D eigenvalue weighted by Crippen LogP contribution is 2.50. The van der Waals surface area contributed by atoms with Gasteiger partial charge >= 0.3 is 0 Å². The maximum atomic E-state index is 13.1. The third-order valence-electron chi connectivity index (χ3n) is 5.52. The van der Waals surface area contributed by atoms with Crippen LogP contribution >= 0.6 is 0 Å². The van der Waals surface area contributed by atoms with Crippen LogP contribution in [0.25, 0.3) is 0 Å². The van der Waals surface area contributed by atoms with Crippen LogP contribution in [0.15, 0.2) is 28.7 Å². The summed E-state index contributed by atoms with van der Waals surface area (Å²) in [6, 6.07) is 9.01. The average molecular weight is 352 g/mol. The van der Waals surface area contributed by atoms with Gasteiger partial charge in [-0.2, -0.15) is 5.26 Å². The third-order valence-corrected chi connectivity index (χ3v) is 5.52. The van der Waals surface area contributed by atoms with E-state index in [4.69, 9.17) is 14.4 Å². The summed E-state index contributed by atoms with van der Waals surface area (Å²) in [5.74, 6) is 1.91. The fraction of sp³-hybridized carbons (Fsp3) is 0.474. The van der Waals surface area contributed by atoms with Gasteiger partial charge in [-0.3, -0.25) is 4.79 Å². The first-order valence-electron chi connectivity index (χ1n) is 8.83. The number of carbonyl (C=O) groups is 1. The summed E-state index contributed by atoms with van der Waals surface area (Å²) >= 11 is 0. The molecular weight excluding hydrogens is 332 g/mol. The van der Waals surface area contributed by atoms with Crippen LogP contribution in [0.4, 0.5) is 0 Å². The predicted octanol–water partition coefficient (Wildman–Crippen LogP) is 2.47. The first kappa shape index (κ1) is 16.6. The van der Waals surface area contributed by atoms with Crippen molar-refractivity contribution in [2.75, 3.05) is 19.7 Å². The first-order chi connectivity index (χ1) is 12.6. The second kappa shape index (κ2) is 6.45. The molecule has 1 saturated heterocycles. The monoisotopic (exact) mass is 352 g/mol. The molecule has 2 heterocycles. The smallest absolute Gasteiger partial charge is 0.257 e. The zero-order valence-electron chi connectivity index (χ0n) is 14.6.